The van der Waals surface area contributed by atoms with E-state index in [0.717, 1.165) is 0 Å². The van der Waals surface area contributed by atoms with E-state index in [1.165, 1.54) is 54.8 Å². The summed E-state index contributed by atoms with van der Waals surface area (Å²) < 4.78 is 49.6. The highest BCUT2D eigenvalue weighted by Gasteiger charge is 2.47. The summed E-state index contributed by atoms with van der Waals surface area (Å²) in [6.45, 7) is 7.85. The number of nitrogens with zero attached hydrogens (tertiary/aromatic N) is 5. The fourth-order valence-corrected chi connectivity index (χ4v) is 4.29. The van der Waals surface area contributed by atoms with Gasteiger partial charge < -0.3 is 20.2 Å². The van der Waals surface area contributed by atoms with E-state index >= 15 is 0 Å². The Morgan fingerprint density at radius 3 is 2.56 bits per heavy atom. The quantitative estimate of drug-likeness (QED) is 0.259. The van der Waals surface area contributed by atoms with Gasteiger partial charge >= 0.3 is 0 Å². The minimum absolute atomic E-state index is 0.00169. The van der Waals surface area contributed by atoms with Crippen LogP contribution in [-0.4, -0.2) is 30.2 Å². The molecule has 39 heavy (non-hydrogen) atoms. The summed E-state index contributed by atoms with van der Waals surface area (Å²) in [5.74, 6) is -3.66. The summed E-state index contributed by atoms with van der Waals surface area (Å²) in [5, 5.41) is 2.72. The molecule has 0 saturated carbocycles. The molecule has 3 aromatic heterocycles. The molecule has 198 valence electrons. The van der Waals surface area contributed by atoms with Crippen LogP contribution >= 0.6 is 0 Å². The number of carbonyl (C=O) groups is 1. The molecule has 0 spiro atoms. The number of carbonyl (C=O) groups excluding carboxylic acids is 1. The zero-order chi connectivity index (χ0) is 28.1. The summed E-state index contributed by atoms with van der Waals surface area (Å²) >= 11 is 0. The van der Waals surface area contributed by atoms with E-state index in [9.17, 15) is 18.0 Å². The van der Waals surface area contributed by atoms with Crippen LogP contribution < -0.4 is 15.8 Å². The lowest BCUT2D eigenvalue weighted by Gasteiger charge is -2.23. The average Bonchev–Trinajstić information content (AvgIpc) is 3.49. The maximum absolute atomic E-state index is 14.7. The smallest absolute Gasteiger partial charge is 0.264 e. The van der Waals surface area contributed by atoms with Gasteiger partial charge in [0.2, 0.25) is 17.4 Å². The van der Waals surface area contributed by atoms with Crippen LogP contribution in [0.5, 0.6) is 5.88 Å². The fraction of sp³-hybridized carbons (Fsp3) is 0.148. The number of benzene rings is 1. The van der Waals surface area contributed by atoms with E-state index in [1.807, 2.05) is 0 Å². The number of fused-ring (bicyclic) bond motifs is 2. The summed E-state index contributed by atoms with van der Waals surface area (Å²) in [6, 6.07) is 5.50. The molecule has 1 aliphatic heterocycles. The Morgan fingerprint density at radius 2 is 1.90 bits per heavy atom. The molecule has 1 atom stereocenters. The van der Waals surface area contributed by atoms with Crippen molar-refractivity contribution in [1.29, 1.82) is 0 Å². The first-order valence-electron chi connectivity index (χ1n) is 11.7. The number of ether oxygens (including phenoxy) is 1. The van der Waals surface area contributed by atoms with E-state index in [2.05, 4.69) is 31.8 Å². The number of nitrogens with two attached hydrogens (primary N) is 1. The average molecular weight is 534 g/mol. The van der Waals surface area contributed by atoms with Gasteiger partial charge in [-0.25, -0.2) is 28.7 Å². The van der Waals surface area contributed by atoms with Gasteiger partial charge in [-0.3, -0.25) is 4.79 Å². The molecule has 5 rings (SSSR count). The van der Waals surface area contributed by atoms with E-state index in [-0.39, 0.29) is 40.3 Å². The van der Waals surface area contributed by atoms with Crippen molar-refractivity contribution in [2.45, 2.75) is 26.2 Å². The van der Waals surface area contributed by atoms with Crippen LogP contribution in [0, 0.1) is 5.82 Å². The first-order chi connectivity index (χ1) is 18.5. The van der Waals surface area contributed by atoms with E-state index in [1.54, 1.807) is 19.3 Å². The van der Waals surface area contributed by atoms with Crippen molar-refractivity contribution in [2.75, 3.05) is 11.1 Å². The highest BCUT2D eigenvalue weighted by atomic mass is 19.2. The van der Waals surface area contributed by atoms with Gasteiger partial charge in [-0.05, 0) is 50.1 Å². The Hall–Kier alpha value is -5.00. The van der Waals surface area contributed by atoms with Crippen molar-refractivity contribution in [3.8, 4) is 17.4 Å². The Labute approximate surface area is 220 Å². The summed E-state index contributed by atoms with van der Waals surface area (Å²) in [7, 11) is 0. The number of nitrogen functional groups attached to an aromatic ring is 1. The van der Waals surface area contributed by atoms with Crippen molar-refractivity contribution in [1.82, 2.24) is 24.3 Å². The van der Waals surface area contributed by atoms with Gasteiger partial charge in [0.15, 0.2) is 17.4 Å². The second-order valence-electron chi connectivity index (χ2n) is 8.99. The van der Waals surface area contributed by atoms with E-state index < -0.39 is 34.6 Å². The largest absolute Gasteiger partial charge is 0.433 e. The first-order valence-corrected chi connectivity index (χ1v) is 11.7. The summed E-state index contributed by atoms with van der Waals surface area (Å²) in [6.07, 6.45) is 5.84. The van der Waals surface area contributed by atoms with Crippen molar-refractivity contribution in [3.63, 3.8) is 0 Å². The molecule has 1 aromatic carbocycles. The van der Waals surface area contributed by atoms with Crippen LogP contribution in [0.25, 0.3) is 17.2 Å². The fourth-order valence-electron chi connectivity index (χ4n) is 4.29. The molecule has 1 unspecified atom stereocenters. The van der Waals surface area contributed by atoms with Crippen LogP contribution in [0.3, 0.4) is 0 Å². The second kappa shape index (κ2) is 9.39. The lowest BCUT2D eigenvalue weighted by atomic mass is 9.78. The number of halogens is 3. The maximum Gasteiger partial charge on any atom is 0.264 e. The predicted molar refractivity (Wildman–Crippen MR) is 138 cm³/mol. The number of hydrogen-bond acceptors (Lipinski definition) is 7. The minimum Gasteiger partial charge on any atom is -0.433 e. The third-order valence-electron chi connectivity index (χ3n) is 6.37. The molecule has 4 heterocycles. The molecule has 0 aliphatic carbocycles. The van der Waals surface area contributed by atoms with Crippen LogP contribution in [0.1, 0.15) is 31.9 Å². The number of allylic oxidation sites excluding steroid dienone is 4. The monoisotopic (exact) mass is 533 g/mol. The van der Waals surface area contributed by atoms with Crippen molar-refractivity contribution in [3.05, 3.63) is 95.4 Å². The SMILES string of the molecule is C=C(C)/C(F)=C(F)\C(=C/C)Oc1nc(-c2nc(N)c3c(n2)NC(=O)C3(C)c2ccc(F)cc2)cn2ccnc12. The number of anilines is 2. The molecule has 0 bridgehead atoms. The number of rotatable bonds is 6. The third-order valence-corrected chi connectivity index (χ3v) is 6.37. The topological polar surface area (TPSA) is 120 Å². The van der Waals surface area contributed by atoms with Crippen molar-refractivity contribution < 1.29 is 22.7 Å². The van der Waals surface area contributed by atoms with Gasteiger partial charge in [0.25, 0.3) is 5.88 Å². The van der Waals surface area contributed by atoms with E-state index in [4.69, 9.17) is 10.5 Å². The molecule has 0 saturated heterocycles. The number of aromatic nitrogens is 5. The molecule has 3 N–H and O–H groups in total. The first kappa shape index (κ1) is 25.6. The standard InChI is InChI=1S/C27H22F3N7O2/c1-5-17(20(30)19(29)13(2)3)39-25-24-32-10-11-37(24)12-16(33-25)22-34-21(31)18-23(35-22)36-26(38)27(18,4)14-6-8-15(28)9-7-14/h5-12H,2H2,1,3-4H3,(H3,31,34,35,36,38)/b17-5+,20-19-. The number of amides is 1. The van der Waals surface area contributed by atoms with Gasteiger partial charge in [0, 0.05) is 18.6 Å². The molecule has 4 aromatic rings. The molecular formula is C27H22F3N7O2. The molecule has 9 nitrogen and oxygen atoms in total. The normalized spacial score (nSPS) is 17.6. The Bertz CT molecular complexity index is 1730. The molecule has 1 aliphatic rings. The zero-order valence-corrected chi connectivity index (χ0v) is 21.1. The van der Waals surface area contributed by atoms with Gasteiger partial charge in [-0.15, -0.1) is 0 Å². The van der Waals surface area contributed by atoms with Gasteiger partial charge in [0.05, 0.1) is 5.56 Å². The van der Waals surface area contributed by atoms with Gasteiger partial charge in [0.1, 0.15) is 28.6 Å². The summed E-state index contributed by atoms with van der Waals surface area (Å²) in [4.78, 5) is 30.5. The molecule has 0 fully saturated rings. The highest BCUT2D eigenvalue weighted by molar-refractivity contribution is 6.09. The maximum atomic E-state index is 14.7. The van der Waals surface area contributed by atoms with Crippen LogP contribution in [0.2, 0.25) is 0 Å². The molecular weight excluding hydrogens is 511 g/mol. The second-order valence-corrected chi connectivity index (χ2v) is 8.99. The minimum atomic E-state index is -1.26. The number of imidazole rings is 1. The van der Waals surface area contributed by atoms with Crippen LogP contribution in [-0.2, 0) is 10.2 Å². The number of nitrogens with one attached hydrogen (secondary N) is 1. The lowest BCUT2D eigenvalue weighted by molar-refractivity contribution is -0.119. The summed E-state index contributed by atoms with van der Waals surface area (Å²) in [5.41, 5.74) is 6.17. The molecule has 1 amide bonds. The zero-order valence-electron chi connectivity index (χ0n) is 21.1. The van der Waals surface area contributed by atoms with Crippen molar-refractivity contribution >= 4 is 23.2 Å². The van der Waals surface area contributed by atoms with Crippen molar-refractivity contribution in [2.24, 2.45) is 0 Å². The number of hydrogen-bond donors (Lipinski definition) is 2. The lowest BCUT2D eigenvalue weighted by Crippen LogP contribution is -2.33. The Kier molecular flexibility index (Phi) is 6.17. The van der Waals surface area contributed by atoms with E-state index in [0.29, 0.717) is 11.1 Å². The third kappa shape index (κ3) is 4.19. The molecule has 0 radical (unpaired) electrons. The Morgan fingerprint density at radius 1 is 1.18 bits per heavy atom. The van der Waals surface area contributed by atoms with Crippen LogP contribution in [0.4, 0.5) is 24.8 Å². The van der Waals surface area contributed by atoms with Gasteiger partial charge in [-0.2, -0.15) is 4.39 Å². The molecule has 12 heteroatoms. The Balaban J connectivity index is 1.60. The van der Waals surface area contributed by atoms with Gasteiger partial charge in [-0.1, -0.05) is 18.7 Å². The predicted octanol–water partition coefficient (Wildman–Crippen LogP) is 5.18. The highest BCUT2D eigenvalue weighted by Crippen LogP contribution is 2.45. The van der Waals surface area contributed by atoms with Crippen LogP contribution in [0.15, 0.2) is 78.5 Å².